The fourth-order valence-corrected chi connectivity index (χ4v) is 0.988. The smallest absolute Gasteiger partial charge is 0.236 e. The van der Waals surface area contributed by atoms with Crippen molar-refractivity contribution in [1.29, 1.82) is 0 Å². The zero-order valence-electron chi connectivity index (χ0n) is 7.88. The molecule has 1 rings (SSSR count). The second kappa shape index (κ2) is 5.02. The summed E-state index contributed by atoms with van der Waals surface area (Å²) < 4.78 is 5.40. The molecule has 0 saturated carbocycles. The van der Waals surface area contributed by atoms with E-state index < -0.39 is 0 Å². The number of halogens is 1. The van der Waals surface area contributed by atoms with Gasteiger partial charge in [0.1, 0.15) is 0 Å². The molecule has 0 amide bonds. The lowest BCUT2D eigenvalue weighted by molar-refractivity contribution is 0.294. The zero-order valence-corrected chi connectivity index (χ0v) is 8.64. The van der Waals surface area contributed by atoms with Crippen LogP contribution in [0.4, 0.5) is 0 Å². The Kier molecular flexibility index (Phi) is 3.96. The van der Waals surface area contributed by atoms with Gasteiger partial charge in [-0.15, -0.1) is 0 Å². The third kappa shape index (κ3) is 3.19. The average molecular weight is 201 g/mol. The first-order chi connectivity index (χ1) is 6.24. The van der Waals surface area contributed by atoms with Crippen molar-refractivity contribution in [3.63, 3.8) is 0 Å². The van der Waals surface area contributed by atoms with E-state index in [0.717, 1.165) is 18.5 Å². The molecule has 0 radical (unpaired) electrons. The lowest BCUT2D eigenvalue weighted by Gasteiger charge is -2.05. The van der Waals surface area contributed by atoms with Crippen LogP contribution in [0.15, 0.2) is 6.20 Å². The van der Waals surface area contributed by atoms with Gasteiger partial charge in [0.15, 0.2) is 5.15 Å². The highest BCUT2D eigenvalue weighted by atomic mass is 35.5. The van der Waals surface area contributed by atoms with E-state index in [4.69, 9.17) is 16.3 Å². The molecule has 3 nitrogen and oxygen atoms in total. The molecule has 0 unspecified atom stereocenters. The third-order valence-electron chi connectivity index (χ3n) is 1.62. The van der Waals surface area contributed by atoms with Crippen LogP contribution < -0.4 is 4.74 Å². The van der Waals surface area contributed by atoms with Crippen molar-refractivity contribution in [3.8, 4) is 5.88 Å². The Labute approximate surface area is 83.1 Å². The highest BCUT2D eigenvalue weighted by Crippen LogP contribution is 2.14. The van der Waals surface area contributed by atoms with E-state index in [1.54, 1.807) is 0 Å². The number of aryl methyl sites for hydroxylation is 1. The molecule has 0 bridgehead atoms. The van der Waals surface area contributed by atoms with Crippen molar-refractivity contribution in [1.82, 2.24) is 9.97 Å². The van der Waals surface area contributed by atoms with Gasteiger partial charge in [0.2, 0.25) is 5.88 Å². The topological polar surface area (TPSA) is 35.0 Å². The molecule has 0 aliphatic rings. The minimum absolute atomic E-state index is 0.372. The standard InChI is InChI=1S/C9H13ClN2O/c1-3-4-5-13-9-7(2)11-6-8(10)12-9/h6H,3-5H2,1-2H3. The molecule has 0 aromatic carbocycles. The Morgan fingerprint density at radius 1 is 1.54 bits per heavy atom. The van der Waals surface area contributed by atoms with Crippen LogP contribution in [0.2, 0.25) is 5.15 Å². The van der Waals surface area contributed by atoms with Gasteiger partial charge in [0.05, 0.1) is 18.5 Å². The normalized spacial score (nSPS) is 10.1. The summed E-state index contributed by atoms with van der Waals surface area (Å²) in [6.45, 7) is 4.64. The molecule has 1 aromatic heterocycles. The van der Waals surface area contributed by atoms with Crippen LogP contribution >= 0.6 is 11.6 Å². The number of rotatable bonds is 4. The monoisotopic (exact) mass is 200 g/mol. The van der Waals surface area contributed by atoms with E-state index in [0.29, 0.717) is 17.6 Å². The van der Waals surface area contributed by atoms with E-state index in [1.165, 1.54) is 6.20 Å². The SMILES string of the molecule is CCCCOc1nc(Cl)cnc1C. The maximum absolute atomic E-state index is 5.68. The summed E-state index contributed by atoms with van der Waals surface area (Å²) in [4.78, 5) is 8.06. The minimum atomic E-state index is 0.372. The van der Waals surface area contributed by atoms with Gasteiger partial charge in [0, 0.05) is 0 Å². The van der Waals surface area contributed by atoms with E-state index in [9.17, 15) is 0 Å². The van der Waals surface area contributed by atoms with E-state index in [1.807, 2.05) is 6.92 Å². The Morgan fingerprint density at radius 2 is 2.31 bits per heavy atom. The fraction of sp³-hybridized carbons (Fsp3) is 0.556. The van der Waals surface area contributed by atoms with Gasteiger partial charge in [-0.1, -0.05) is 24.9 Å². The quantitative estimate of drug-likeness (QED) is 0.701. The highest BCUT2D eigenvalue weighted by molar-refractivity contribution is 6.29. The highest BCUT2D eigenvalue weighted by Gasteiger charge is 2.02. The fourth-order valence-electron chi connectivity index (χ4n) is 0.862. The first-order valence-corrected chi connectivity index (χ1v) is 4.73. The van der Waals surface area contributed by atoms with Crippen LogP contribution in [0, 0.1) is 6.92 Å². The lowest BCUT2D eigenvalue weighted by Crippen LogP contribution is -2.01. The minimum Gasteiger partial charge on any atom is -0.476 e. The van der Waals surface area contributed by atoms with E-state index in [-0.39, 0.29) is 0 Å². The summed E-state index contributed by atoms with van der Waals surface area (Å²) >= 11 is 5.68. The number of unbranched alkanes of at least 4 members (excludes halogenated alkanes) is 1. The lowest BCUT2D eigenvalue weighted by atomic mass is 10.4. The van der Waals surface area contributed by atoms with Crippen molar-refractivity contribution in [2.45, 2.75) is 26.7 Å². The van der Waals surface area contributed by atoms with Crippen molar-refractivity contribution >= 4 is 11.6 Å². The maximum Gasteiger partial charge on any atom is 0.236 e. The molecule has 13 heavy (non-hydrogen) atoms. The van der Waals surface area contributed by atoms with Crippen LogP contribution in [-0.2, 0) is 0 Å². The summed E-state index contributed by atoms with van der Waals surface area (Å²) in [5.74, 6) is 0.543. The molecule has 0 spiro atoms. The van der Waals surface area contributed by atoms with Crippen LogP contribution in [0.5, 0.6) is 5.88 Å². The first-order valence-electron chi connectivity index (χ1n) is 4.36. The predicted molar refractivity (Wildman–Crippen MR) is 52.2 cm³/mol. The number of aromatic nitrogens is 2. The van der Waals surface area contributed by atoms with E-state index >= 15 is 0 Å². The van der Waals surface area contributed by atoms with Crippen molar-refractivity contribution in [3.05, 3.63) is 17.0 Å². The molecule has 0 aliphatic heterocycles. The predicted octanol–water partition coefficient (Wildman–Crippen LogP) is 2.62. The van der Waals surface area contributed by atoms with Gasteiger partial charge < -0.3 is 4.74 Å². The van der Waals surface area contributed by atoms with Crippen molar-refractivity contribution in [2.75, 3.05) is 6.61 Å². The first kappa shape index (κ1) is 10.3. The number of hydrogen-bond acceptors (Lipinski definition) is 3. The molecule has 1 aromatic rings. The molecular formula is C9H13ClN2O. The summed E-state index contributed by atoms with van der Waals surface area (Å²) in [6.07, 6.45) is 3.64. The van der Waals surface area contributed by atoms with Crippen molar-refractivity contribution < 1.29 is 4.74 Å². The average Bonchev–Trinajstić information content (AvgIpc) is 2.11. The molecule has 72 valence electrons. The second-order valence-electron chi connectivity index (χ2n) is 2.79. The molecule has 0 fully saturated rings. The molecule has 0 aliphatic carbocycles. The number of hydrogen-bond donors (Lipinski definition) is 0. The van der Waals surface area contributed by atoms with Crippen LogP contribution in [0.1, 0.15) is 25.5 Å². The summed E-state index contributed by atoms with van der Waals surface area (Å²) in [7, 11) is 0. The van der Waals surface area contributed by atoms with Crippen LogP contribution in [0.3, 0.4) is 0 Å². The van der Waals surface area contributed by atoms with Crippen molar-refractivity contribution in [2.24, 2.45) is 0 Å². The van der Waals surface area contributed by atoms with Gasteiger partial charge in [-0.25, -0.2) is 0 Å². The largest absolute Gasteiger partial charge is 0.476 e. The van der Waals surface area contributed by atoms with Gasteiger partial charge in [-0.3, -0.25) is 4.98 Å². The summed E-state index contributed by atoms with van der Waals surface area (Å²) in [5.41, 5.74) is 0.778. The van der Waals surface area contributed by atoms with Crippen LogP contribution in [-0.4, -0.2) is 16.6 Å². The molecule has 1 heterocycles. The Bertz CT molecular complexity index is 278. The number of ether oxygens (including phenoxy) is 1. The summed E-state index contributed by atoms with van der Waals surface area (Å²) in [5, 5.41) is 0.372. The Balaban J connectivity index is 2.59. The Morgan fingerprint density at radius 3 is 3.00 bits per heavy atom. The molecular weight excluding hydrogens is 188 g/mol. The second-order valence-corrected chi connectivity index (χ2v) is 3.17. The van der Waals surface area contributed by atoms with Gasteiger partial charge in [-0.05, 0) is 13.3 Å². The molecule has 0 N–H and O–H groups in total. The molecule has 0 atom stereocenters. The Hall–Kier alpha value is -0.830. The van der Waals surface area contributed by atoms with Gasteiger partial charge in [0.25, 0.3) is 0 Å². The van der Waals surface area contributed by atoms with Crippen LogP contribution in [0.25, 0.3) is 0 Å². The maximum atomic E-state index is 5.68. The van der Waals surface area contributed by atoms with E-state index in [2.05, 4.69) is 16.9 Å². The summed E-state index contributed by atoms with van der Waals surface area (Å²) in [6, 6.07) is 0. The third-order valence-corrected chi connectivity index (χ3v) is 1.80. The number of nitrogens with zero attached hydrogens (tertiary/aromatic N) is 2. The molecule has 4 heteroatoms. The zero-order chi connectivity index (χ0) is 9.68. The van der Waals surface area contributed by atoms with Gasteiger partial charge in [-0.2, -0.15) is 4.98 Å². The molecule has 0 saturated heterocycles. The van der Waals surface area contributed by atoms with Gasteiger partial charge >= 0.3 is 0 Å².